The molecule has 1 N–H and O–H groups in total. The molecule has 0 aliphatic carbocycles. The summed E-state index contributed by atoms with van der Waals surface area (Å²) in [6, 6.07) is 0. The van der Waals surface area contributed by atoms with Gasteiger partial charge >= 0.3 is 19.8 Å². The Labute approximate surface area is 339 Å². The second-order valence-corrected chi connectivity index (χ2v) is 18.2. The van der Waals surface area contributed by atoms with Crippen molar-refractivity contribution in [3.63, 3.8) is 0 Å². The Hall–Kier alpha value is -1.25. The predicted molar refractivity (Wildman–Crippen MR) is 229 cm³/mol. The molecule has 0 aromatic carbocycles. The van der Waals surface area contributed by atoms with Crippen LogP contribution in [0.25, 0.3) is 0 Å². The SMILES string of the molecule is CCCCCCCCCCCCC/C=C/CCC(=O)OC[C@H](COP(=O)(O)OCC[N+](C)(C)C)OC(=O)CCCCCCCCCCCCCCCCCC. The lowest BCUT2D eigenvalue weighted by molar-refractivity contribution is -0.870. The third kappa shape index (κ3) is 42.2. The van der Waals surface area contributed by atoms with Crippen LogP contribution in [0.1, 0.15) is 213 Å². The molecule has 1 unspecified atom stereocenters. The van der Waals surface area contributed by atoms with Gasteiger partial charge in [-0.25, -0.2) is 4.57 Å². The maximum absolute atomic E-state index is 12.7. The molecule has 0 saturated carbocycles. The Morgan fingerprint density at radius 3 is 1.42 bits per heavy atom. The molecule has 0 aromatic rings. The van der Waals surface area contributed by atoms with E-state index in [1.165, 1.54) is 148 Å². The van der Waals surface area contributed by atoms with E-state index < -0.39 is 32.5 Å². The minimum absolute atomic E-state index is 0.0305. The van der Waals surface area contributed by atoms with Crippen molar-refractivity contribution in [2.24, 2.45) is 0 Å². The minimum atomic E-state index is -4.38. The van der Waals surface area contributed by atoms with Gasteiger partial charge in [-0.05, 0) is 25.7 Å². The number of rotatable bonds is 42. The lowest BCUT2D eigenvalue weighted by atomic mass is 10.0. The van der Waals surface area contributed by atoms with Crippen LogP contribution in [0.2, 0.25) is 0 Å². The molecule has 326 valence electrons. The molecule has 0 amide bonds. The van der Waals surface area contributed by atoms with Crippen LogP contribution < -0.4 is 0 Å². The van der Waals surface area contributed by atoms with Gasteiger partial charge in [0.15, 0.2) is 6.10 Å². The van der Waals surface area contributed by atoms with Crippen molar-refractivity contribution < 1.29 is 42.1 Å². The molecule has 0 saturated heterocycles. The van der Waals surface area contributed by atoms with Crippen molar-refractivity contribution >= 4 is 19.8 Å². The number of likely N-dealkylation sites (N-methyl/N-ethyl adjacent to an activating group) is 1. The van der Waals surface area contributed by atoms with Crippen molar-refractivity contribution in [1.82, 2.24) is 0 Å². The molecular weight excluding hydrogens is 713 g/mol. The monoisotopic (exact) mass is 803 g/mol. The summed E-state index contributed by atoms with van der Waals surface area (Å²) in [6.45, 7) is 4.41. The van der Waals surface area contributed by atoms with Crippen molar-refractivity contribution in [2.45, 2.75) is 219 Å². The Bertz CT molecular complexity index is 954. The number of ether oxygens (including phenoxy) is 2. The van der Waals surface area contributed by atoms with E-state index in [0.29, 0.717) is 23.9 Å². The molecule has 0 fully saturated rings. The van der Waals surface area contributed by atoms with Crippen LogP contribution in [-0.2, 0) is 32.7 Å². The average molecular weight is 803 g/mol. The van der Waals surface area contributed by atoms with E-state index in [1.54, 1.807) is 0 Å². The largest absolute Gasteiger partial charge is 0.472 e. The summed E-state index contributed by atoms with van der Waals surface area (Å²) >= 11 is 0. The van der Waals surface area contributed by atoms with Crippen molar-refractivity contribution in [3.8, 4) is 0 Å². The quantitative estimate of drug-likeness (QED) is 0.0214. The highest BCUT2D eigenvalue weighted by atomic mass is 31.2. The zero-order chi connectivity index (χ0) is 40.7. The molecule has 55 heavy (non-hydrogen) atoms. The highest BCUT2D eigenvalue weighted by molar-refractivity contribution is 7.47. The number of hydrogen-bond donors (Lipinski definition) is 1. The van der Waals surface area contributed by atoms with Crippen LogP contribution in [0.4, 0.5) is 0 Å². The number of carbonyl (C=O) groups is 2. The third-order valence-corrected chi connectivity index (χ3v) is 11.0. The van der Waals surface area contributed by atoms with Gasteiger partial charge in [-0.3, -0.25) is 18.6 Å². The summed E-state index contributed by atoms with van der Waals surface area (Å²) in [7, 11) is 1.47. The maximum Gasteiger partial charge on any atom is 0.472 e. The number of unbranched alkanes of at least 4 members (excludes halogenated alkanes) is 26. The highest BCUT2D eigenvalue weighted by Crippen LogP contribution is 2.43. The smallest absolute Gasteiger partial charge is 0.462 e. The first-order chi connectivity index (χ1) is 26.5. The van der Waals surface area contributed by atoms with Crippen LogP contribution in [0.15, 0.2) is 12.2 Å². The van der Waals surface area contributed by atoms with E-state index in [4.69, 9.17) is 18.5 Å². The van der Waals surface area contributed by atoms with Gasteiger partial charge in [0, 0.05) is 12.8 Å². The van der Waals surface area contributed by atoms with Crippen LogP contribution >= 0.6 is 7.82 Å². The van der Waals surface area contributed by atoms with Crippen LogP contribution in [-0.4, -0.2) is 74.9 Å². The van der Waals surface area contributed by atoms with Crippen LogP contribution in [0.3, 0.4) is 0 Å². The number of hydrogen-bond acceptors (Lipinski definition) is 7. The van der Waals surface area contributed by atoms with E-state index in [-0.39, 0.29) is 26.1 Å². The Morgan fingerprint density at radius 1 is 0.545 bits per heavy atom. The maximum atomic E-state index is 12.7. The fourth-order valence-electron chi connectivity index (χ4n) is 6.44. The molecular formula is C45H89NO8P+. The number of allylic oxidation sites excluding steroid dienone is 2. The van der Waals surface area contributed by atoms with Gasteiger partial charge in [0.25, 0.3) is 0 Å². The van der Waals surface area contributed by atoms with Gasteiger partial charge in [-0.1, -0.05) is 187 Å². The lowest BCUT2D eigenvalue weighted by Gasteiger charge is -2.24. The first-order valence-electron chi connectivity index (χ1n) is 22.9. The van der Waals surface area contributed by atoms with Gasteiger partial charge in [0.05, 0.1) is 27.7 Å². The van der Waals surface area contributed by atoms with E-state index in [2.05, 4.69) is 19.9 Å². The molecule has 0 aliphatic rings. The number of nitrogens with zero attached hydrogens (tertiary/aromatic N) is 1. The molecule has 0 radical (unpaired) electrons. The molecule has 0 aliphatic heterocycles. The first-order valence-corrected chi connectivity index (χ1v) is 24.4. The fourth-order valence-corrected chi connectivity index (χ4v) is 7.19. The lowest BCUT2D eigenvalue weighted by Crippen LogP contribution is -2.37. The summed E-state index contributed by atoms with van der Waals surface area (Å²) in [6.07, 6.45) is 39.8. The molecule has 10 heteroatoms. The Kier molecular flexibility index (Phi) is 37.4. The third-order valence-electron chi connectivity index (χ3n) is 10.1. The summed E-state index contributed by atoms with van der Waals surface area (Å²) in [5, 5.41) is 0. The normalized spacial score (nSPS) is 13.6. The van der Waals surface area contributed by atoms with Crippen LogP contribution in [0.5, 0.6) is 0 Å². The molecule has 0 spiro atoms. The number of phosphoric acid groups is 1. The van der Waals surface area contributed by atoms with E-state index in [1.807, 2.05) is 27.2 Å². The zero-order valence-electron chi connectivity index (χ0n) is 36.7. The number of carbonyl (C=O) groups excluding carboxylic acids is 2. The van der Waals surface area contributed by atoms with E-state index >= 15 is 0 Å². The number of esters is 2. The standard InChI is InChI=1S/C45H88NO8P/c1-6-8-10-12-14-16-18-20-22-24-26-28-30-32-34-36-38-45(48)54-43(42-53-55(49,50)52-40-39-46(3,4)5)41-51-44(47)37-35-33-31-29-27-25-23-21-19-17-15-13-11-9-7-2/h31,33,43H,6-30,32,34-42H2,1-5H3/p+1/b33-31+/t43-/m1/s1. The Morgan fingerprint density at radius 2 is 0.964 bits per heavy atom. The summed E-state index contributed by atoms with van der Waals surface area (Å²) < 4.78 is 34.3. The first kappa shape index (κ1) is 53.8. The van der Waals surface area contributed by atoms with Crippen molar-refractivity contribution in [3.05, 3.63) is 12.2 Å². The highest BCUT2D eigenvalue weighted by Gasteiger charge is 2.27. The van der Waals surface area contributed by atoms with Gasteiger partial charge in [0.2, 0.25) is 0 Å². The summed E-state index contributed by atoms with van der Waals surface area (Å²) in [5.41, 5.74) is 0. The van der Waals surface area contributed by atoms with Crippen LogP contribution in [0, 0.1) is 0 Å². The Balaban J connectivity index is 4.34. The van der Waals surface area contributed by atoms with Crippen molar-refractivity contribution in [2.75, 3.05) is 47.5 Å². The molecule has 0 aromatic heterocycles. The second-order valence-electron chi connectivity index (χ2n) is 16.8. The van der Waals surface area contributed by atoms with Gasteiger partial charge in [-0.15, -0.1) is 0 Å². The summed E-state index contributed by atoms with van der Waals surface area (Å²) in [4.78, 5) is 35.3. The van der Waals surface area contributed by atoms with Gasteiger partial charge in [-0.2, -0.15) is 0 Å². The predicted octanol–water partition coefficient (Wildman–Crippen LogP) is 13.0. The number of quaternary nitrogens is 1. The molecule has 0 heterocycles. The van der Waals surface area contributed by atoms with E-state index in [0.717, 1.165) is 25.7 Å². The summed E-state index contributed by atoms with van der Waals surface area (Å²) in [5.74, 6) is -0.844. The van der Waals surface area contributed by atoms with Gasteiger partial charge < -0.3 is 18.9 Å². The topological polar surface area (TPSA) is 108 Å². The average Bonchev–Trinajstić information content (AvgIpc) is 3.13. The number of phosphoric ester groups is 1. The minimum Gasteiger partial charge on any atom is -0.462 e. The van der Waals surface area contributed by atoms with Gasteiger partial charge in [0.1, 0.15) is 19.8 Å². The zero-order valence-corrected chi connectivity index (χ0v) is 37.6. The van der Waals surface area contributed by atoms with E-state index in [9.17, 15) is 19.0 Å². The molecule has 0 bridgehead atoms. The van der Waals surface area contributed by atoms with Crippen molar-refractivity contribution in [1.29, 1.82) is 0 Å². The molecule has 0 rings (SSSR count). The molecule has 9 nitrogen and oxygen atoms in total. The second kappa shape index (κ2) is 38.3. The molecule has 2 atom stereocenters. The fraction of sp³-hybridized carbons (Fsp3) is 0.911.